The van der Waals surface area contributed by atoms with Crippen LogP contribution in [0.2, 0.25) is 0 Å². The minimum atomic E-state index is -0.522. The Hall–Kier alpha value is -1.06. The van der Waals surface area contributed by atoms with Crippen molar-refractivity contribution in [1.29, 1.82) is 0 Å². The summed E-state index contributed by atoms with van der Waals surface area (Å²) in [5.74, 6) is -0.573. The predicted molar refractivity (Wildman–Crippen MR) is 84.1 cm³/mol. The van der Waals surface area contributed by atoms with E-state index in [4.69, 9.17) is 9.47 Å². The minimum Gasteiger partial charge on any atom is -0.460 e. The van der Waals surface area contributed by atoms with Crippen LogP contribution in [0.4, 0.5) is 0 Å². The van der Waals surface area contributed by atoms with Gasteiger partial charge in [0.25, 0.3) is 0 Å². The highest BCUT2D eigenvalue weighted by Gasteiger charge is 2.54. The minimum absolute atomic E-state index is 0.224. The summed E-state index contributed by atoms with van der Waals surface area (Å²) in [4.78, 5) is 25.3. The molecule has 0 amide bonds. The fourth-order valence-corrected chi connectivity index (χ4v) is 3.92. The second-order valence-corrected chi connectivity index (χ2v) is 8.81. The quantitative estimate of drug-likeness (QED) is 0.729. The molecular formula is C18H30O4. The Kier molecular flexibility index (Phi) is 4.61. The molecular weight excluding hydrogens is 280 g/mol. The van der Waals surface area contributed by atoms with E-state index in [1.807, 2.05) is 41.5 Å². The average molecular weight is 310 g/mol. The van der Waals surface area contributed by atoms with Crippen molar-refractivity contribution >= 4 is 11.9 Å². The van der Waals surface area contributed by atoms with E-state index in [1.165, 1.54) is 0 Å². The number of hydrogen-bond acceptors (Lipinski definition) is 4. The zero-order chi connectivity index (χ0) is 16.7. The molecule has 2 aliphatic carbocycles. The molecule has 2 saturated carbocycles. The van der Waals surface area contributed by atoms with Crippen LogP contribution in [0, 0.1) is 23.7 Å². The Morgan fingerprint density at radius 1 is 0.773 bits per heavy atom. The second-order valence-electron chi connectivity index (χ2n) is 8.81. The Morgan fingerprint density at radius 2 is 1.14 bits per heavy atom. The second kappa shape index (κ2) is 5.86. The van der Waals surface area contributed by atoms with E-state index in [0.29, 0.717) is 0 Å². The number of carbonyl (C=O) groups excluding carboxylic acids is 2. The lowest BCUT2D eigenvalue weighted by molar-refractivity contribution is -0.174. The maximum atomic E-state index is 12.7. The topological polar surface area (TPSA) is 52.6 Å². The molecule has 0 saturated heterocycles. The molecule has 4 heteroatoms. The van der Waals surface area contributed by atoms with Gasteiger partial charge in [0.2, 0.25) is 0 Å². The summed E-state index contributed by atoms with van der Waals surface area (Å²) in [7, 11) is 0. The Bertz CT molecular complexity index is 401. The zero-order valence-electron chi connectivity index (χ0n) is 14.8. The highest BCUT2D eigenvalue weighted by atomic mass is 16.6. The number of esters is 2. The molecule has 4 unspecified atom stereocenters. The van der Waals surface area contributed by atoms with Gasteiger partial charge in [-0.25, -0.2) is 0 Å². The molecule has 2 rings (SSSR count). The van der Waals surface area contributed by atoms with Gasteiger partial charge in [0.15, 0.2) is 0 Å². The van der Waals surface area contributed by atoms with Gasteiger partial charge in [-0.15, -0.1) is 0 Å². The van der Waals surface area contributed by atoms with Gasteiger partial charge in [-0.3, -0.25) is 9.59 Å². The van der Waals surface area contributed by atoms with Crippen molar-refractivity contribution in [2.24, 2.45) is 23.7 Å². The molecule has 0 heterocycles. The van der Waals surface area contributed by atoms with Crippen LogP contribution >= 0.6 is 0 Å². The lowest BCUT2D eigenvalue weighted by Gasteiger charge is -2.29. The van der Waals surface area contributed by atoms with E-state index in [1.54, 1.807) is 0 Å². The third kappa shape index (κ3) is 4.02. The van der Waals surface area contributed by atoms with Crippen LogP contribution in [0.5, 0.6) is 0 Å². The molecule has 0 aromatic rings. The Morgan fingerprint density at radius 3 is 1.45 bits per heavy atom. The molecule has 0 aromatic carbocycles. The highest BCUT2D eigenvalue weighted by molar-refractivity contribution is 5.84. The van der Waals surface area contributed by atoms with Crippen LogP contribution in [-0.2, 0) is 19.1 Å². The molecule has 2 fully saturated rings. The smallest absolute Gasteiger partial charge is 0.310 e. The monoisotopic (exact) mass is 310 g/mol. The van der Waals surface area contributed by atoms with Crippen molar-refractivity contribution in [3.63, 3.8) is 0 Å². The van der Waals surface area contributed by atoms with Gasteiger partial charge in [0.05, 0.1) is 11.8 Å². The highest BCUT2D eigenvalue weighted by Crippen LogP contribution is 2.51. The molecule has 126 valence electrons. The molecule has 0 radical (unpaired) electrons. The van der Waals surface area contributed by atoms with Crippen molar-refractivity contribution < 1.29 is 19.1 Å². The fourth-order valence-electron chi connectivity index (χ4n) is 3.92. The third-order valence-electron chi connectivity index (χ3n) is 4.52. The van der Waals surface area contributed by atoms with Crippen molar-refractivity contribution in [2.75, 3.05) is 0 Å². The first kappa shape index (κ1) is 17.3. The number of ether oxygens (including phenoxy) is 2. The van der Waals surface area contributed by atoms with Crippen molar-refractivity contribution in [3.05, 3.63) is 0 Å². The summed E-state index contributed by atoms with van der Waals surface area (Å²) >= 11 is 0. The standard InChI is InChI=1S/C18H30O4/c1-17(2,3)21-15(19)13-11-8-7-9-12(10-11)14(13)16(20)22-18(4,5)6/h11-14H,7-10H2,1-6H3. The van der Waals surface area contributed by atoms with Gasteiger partial charge >= 0.3 is 11.9 Å². The van der Waals surface area contributed by atoms with Gasteiger partial charge in [-0.2, -0.15) is 0 Å². The first-order chi connectivity index (χ1) is 9.98. The van der Waals surface area contributed by atoms with E-state index >= 15 is 0 Å². The largest absolute Gasteiger partial charge is 0.460 e. The van der Waals surface area contributed by atoms with E-state index in [0.717, 1.165) is 25.7 Å². The van der Waals surface area contributed by atoms with Crippen LogP contribution in [0.1, 0.15) is 67.2 Å². The molecule has 4 atom stereocenters. The summed E-state index contributed by atoms with van der Waals surface area (Å²) < 4.78 is 11.2. The van der Waals surface area contributed by atoms with Crippen LogP contribution in [-0.4, -0.2) is 23.1 Å². The van der Waals surface area contributed by atoms with Crippen LogP contribution in [0.3, 0.4) is 0 Å². The maximum absolute atomic E-state index is 12.7. The van der Waals surface area contributed by atoms with E-state index in [-0.39, 0.29) is 35.6 Å². The number of fused-ring (bicyclic) bond motifs is 2. The number of hydrogen-bond donors (Lipinski definition) is 0. The van der Waals surface area contributed by atoms with E-state index < -0.39 is 11.2 Å². The van der Waals surface area contributed by atoms with Crippen LogP contribution < -0.4 is 0 Å². The summed E-state index contributed by atoms with van der Waals surface area (Å²) in [5, 5.41) is 0. The van der Waals surface area contributed by atoms with E-state index in [2.05, 4.69) is 0 Å². The lowest BCUT2D eigenvalue weighted by atomic mass is 9.87. The zero-order valence-corrected chi connectivity index (χ0v) is 14.8. The third-order valence-corrected chi connectivity index (χ3v) is 4.52. The van der Waals surface area contributed by atoms with Crippen molar-refractivity contribution in [3.8, 4) is 0 Å². The summed E-state index contributed by atoms with van der Waals surface area (Å²) in [5.41, 5.74) is -1.04. The van der Waals surface area contributed by atoms with Crippen LogP contribution in [0.25, 0.3) is 0 Å². The fraction of sp³-hybridized carbons (Fsp3) is 0.889. The average Bonchev–Trinajstić information content (AvgIpc) is 2.56. The predicted octanol–water partition coefficient (Wildman–Crippen LogP) is 3.72. The first-order valence-electron chi connectivity index (χ1n) is 8.44. The van der Waals surface area contributed by atoms with E-state index in [9.17, 15) is 9.59 Å². The van der Waals surface area contributed by atoms with Gasteiger partial charge < -0.3 is 9.47 Å². The van der Waals surface area contributed by atoms with Crippen molar-refractivity contribution in [1.82, 2.24) is 0 Å². The SMILES string of the molecule is CC(C)(C)OC(=O)C1C2CCCC(C2)C1C(=O)OC(C)(C)C. The molecule has 2 aliphatic rings. The number of rotatable bonds is 2. The van der Waals surface area contributed by atoms with Crippen LogP contribution in [0.15, 0.2) is 0 Å². The van der Waals surface area contributed by atoms with Crippen molar-refractivity contribution in [2.45, 2.75) is 78.4 Å². The van der Waals surface area contributed by atoms with Gasteiger partial charge in [0.1, 0.15) is 11.2 Å². The molecule has 0 spiro atoms. The van der Waals surface area contributed by atoms with Gasteiger partial charge in [-0.05, 0) is 72.6 Å². The summed E-state index contributed by atoms with van der Waals surface area (Å²) in [6.45, 7) is 11.2. The Balaban J connectivity index is 2.20. The van der Waals surface area contributed by atoms with Gasteiger partial charge in [0, 0.05) is 0 Å². The summed E-state index contributed by atoms with van der Waals surface area (Å²) in [6, 6.07) is 0. The molecule has 0 N–H and O–H groups in total. The Labute approximate surface area is 133 Å². The molecule has 2 bridgehead atoms. The van der Waals surface area contributed by atoms with Gasteiger partial charge in [-0.1, -0.05) is 6.42 Å². The summed E-state index contributed by atoms with van der Waals surface area (Å²) in [6.07, 6.45) is 4.07. The lowest BCUT2D eigenvalue weighted by Crippen LogP contribution is -2.39. The molecule has 0 aromatic heterocycles. The molecule has 0 aliphatic heterocycles. The first-order valence-corrected chi connectivity index (χ1v) is 8.44. The maximum Gasteiger partial charge on any atom is 0.310 e. The molecule has 22 heavy (non-hydrogen) atoms. The number of carbonyl (C=O) groups is 2. The molecule has 4 nitrogen and oxygen atoms in total. The normalized spacial score (nSPS) is 31.7.